The topological polar surface area (TPSA) is 579 Å². The summed E-state index contributed by atoms with van der Waals surface area (Å²) in [5.41, 5.74) is 3.26. The van der Waals surface area contributed by atoms with Gasteiger partial charge >= 0.3 is 0 Å². The number of primary amides is 2. The standard InChI is InChI=1S/C73H120N18O19/c1-21-37(6)49(34-92)82-59(101)47(29-31-52(75)96)83-65(107)71(16,17)90-63(105)54(38(7)22-2)86-56(98)40(9)78-64(106)69(12,13)88-61(103)50(35-93)84-66(108)70(14,15)87-57(99)41(10)77-58(100)46(28-30-51(74)95)81-55(97)39(8)79-68(110)73(20,23-3)91-67(109)72(18,19)89-62(104)53(36(4)5)85-60(102)48(80-42(11)94)32-43-33-76-45-27-25-24-26-44(43)45/h24-27,33,36-41,46-50,53-54,76,92-93H,21-23,28-32,34-35H2,1-20H3,(H2,74,95)(H2,75,96)(H,77,100)(H,78,106)(H,79,110)(H,80,94)(H,81,97)(H,82,101)(H,83,107)(H,84,108)(H,85,102)(H,86,98)(H,87,99)(H,88,103)(H,89,104)(H,90,105)(H,91,109)/t37-,38-,39-,40-,41-,46+,47-,48-,49+,50-,53-,54-,73+/m0/s1. The SMILES string of the molecule is CC[C@H](C)[C@H](NC(=O)[C@H](C)NC(=O)C(C)(C)NC(=O)[C@H](CO)NC(=O)C(C)(C)NC(=O)[C@H](C)NC(=O)[C@@H](CCC(N)=O)NC(=O)[C@H](C)NC(=O)[C@@](C)(CC)NC(=O)C(C)(C)NC(=O)[C@@H](NC(=O)[C@H](Cc1c[nH]c2ccccc12)NC(C)=O)C(C)C)C(=O)NC(C)(C)C(=O)N[C@@H](CCC(N)=O)C(=O)N[C@H](CO)[C@@H](C)CC. The number of benzene rings is 1. The largest absolute Gasteiger partial charge is 0.394 e. The molecule has 616 valence electrons. The Bertz CT molecular complexity index is 3670. The second-order valence-corrected chi connectivity index (χ2v) is 30.6. The fraction of sp³-hybridized carbons (Fsp3) is 0.658. The average molecular weight is 1550 g/mol. The molecule has 0 unspecified atom stereocenters. The summed E-state index contributed by atoms with van der Waals surface area (Å²) in [6.07, 6.45) is 1.31. The summed E-state index contributed by atoms with van der Waals surface area (Å²) < 4.78 is 0. The zero-order valence-corrected chi connectivity index (χ0v) is 67.0. The van der Waals surface area contributed by atoms with E-state index in [4.69, 9.17) is 11.5 Å². The predicted octanol–water partition coefficient (Wildman–Crippen LogP) is -3.23. The number of nitrogens with two attached hydrogens (primary N) is 2. The van der Waals surface area contributed by atoms with Crippen LogP contribution in [-0.2, 0) is 87.9 Å². The highest BCUT2D eigenvalue weighted by Crippen LogP contribution is 2.22. The van der Waals surface area contributed by atoms with Gasteiger partial charge in [-0.15, -0.1) is 0 Å². The Morgan fingerprint density at radius 1 is 0.418 bits per heavy atom. The van der Waals surface area contributed by atoms with E-state index in [1.807, 2.05) is 31.2 Å². The highest BCUT2D eigenvalue weighted by atomic mass is 16.3. The predicted molar refractivity (Wildman–Crippen MR) is 405 cm³/mol. The Hall–Kier alpha value is -10.3. The third-order valence-electron chi connectivity index (χ3n) is 19.0. The summed E-state index contributed by atoms with van der Waals surface area (Å²) >= 11 is 0. The van der Waals surface area contributed by atoms with E-state index < -0.39 is 226 Å². The first-order valence-corrected chi connectivity index (χ1v) is 36.8. The molecule has 2 aromatic rings. The van der Waals surface area contributed by atoms with Crippen LogP contribution >= 0.6 is 0 Å². The summed E-state index contributed by atoms with van der Waals surface area (Å²) in [6.45, 7) is 27.1. The first-order chi connectivity index (χ1) is 50.8. The molecule has 0 aliphatic heterocycles. The molecule has 37 nitrogen and oxygen atoms in total. The summed E-state index contributed by atoms with van der Waals surface area (Å²) in [5, 5.41) is 59.0. The van der Waals surface area contributed by atoms with E-state index in [1.165, 1.54) is 90.0 Å². The van der Waals surface area contributed by atoms with Gasteiger partial charge in [0, 0.05) is 43.3 Å². The normalized spacial score (nSPS) is 15.6. The lowest BCUT2D eigenvalue weighted by Crippen LogP contribution is -2.66. The Kier molecular flexibility index (Phi) is 36.6. The summed E-state index contributed by atoms with van der Waals surface area (Å²) in [5.74, 6) is -15.9. The van der Waals surface area contributed by atoms with Crippen LogP contribution in [0.2, 0.25) is 0 Å². The molecule has 110 heavy (non-hydrogen) atoms. The second kappa shape index (κ2) is 42.0. The van der Waals surface area contributed by atoms with Gasteiger partial charge < -0.3 is 106 Å². The molecule has 13 atom stereocenters. The number of para-hydroxylation sites is 1. The van der Waals surface area contributed by atoms with Gasteiger partial charge in [0.05, 0.1) is 19.3 Å². The van der Waals surface area contributed by atoms with Crippen molar-refractivity contribution in [3.8, 4) is 0 Å². The van der Waals surface area contributed by atoms with E-state index in [0.717, 1.165) is 16.5 Å². The van der Waals surface area contributed by atoms with Gasteiger partial charge in [0.1, 0.15) is 82.1 Å². The number of fused-ring (bicyclic) bond motifs is 1. The lowest BCUT2D eigenvalue weighted by atomic mass is 9.93. The zero-order chi connectivity index (χ0) is 84.5. The average Bonchev–Trinajstić information content (AvgIpc) is 1.25. The van der Waals surface area contributed by atoms with Crippen molar-refractivity contribution in [1.82, 2.24) is 84.7 Å². The van der Waals surface area contributed by atoms with E-state index in [0.29, 0.717) is 12.8 Å². The molecule has 0 spiro atoms. The number of nitrogens with one attached hydrogen (secondary N) is 16. The third kappa shape index (κ3) is 28.9. The number of aliphatic hydroxyl groups excluding tert-OH is 2. The Morgan fingerprint density at radius 2 is 0.836 bits per heavy atom. The van der Waals surface area contributed by atoms with Gasteiger partial charge in [0.15, 0.2) is 0 Å². The highest BCUT2D eigenvalue weighted by molar-refractivity contribution is 6.03. The van der Waals surface area contributed by atoms with Gasteiger partial charge in [-0.05, 0) is 132 Å². The molecule has 0 saturated heterocycles. The molecule has 2 rings (SSSR count). The Balaban J connectivity index is 2.13. The fourth-order valence-electron chi connectivity index (χ4n) is 10.7. The molecule has 22 N–H and O–H groups in total. The number of carbonyl (C=O) groups is 17. The Labute approximate surface area is 641 Å². The molecule has 0 saturated carbocycles. The number of aromatic amines is 1. The van der Waals surface area contributed by atoms with Crippen molar-refractivity contribution in [2.75, 3.05) is 13.2 Å². The fourth-order valence-corrected chi connectivity index (χ4v) is 10.7. The highest BCUT2D eigenvalue weighted by Gasteiger charge is 2.44. The van der Waals surface area contributed by atoms with Gasteiger partial charge in [0.2, 0.25) is 100 Å². The number of H-pyrrole nitrogens is 1. The van der Waals surface area contributed by atoms with E-state index >= 15 is 0 Å². The van der Waals surface area contributed by atoms with Crippen LogP contribution in [0.3, 0.4) is 0 Å². The summed E-state index contributed by atoms with van der Waals surface area (Å²) in [6, 6.07) is -5.87. The van der Waals surface area contributed by atoms with Gasteiger partial charge in [-0.1, -0.05) is 79.5 Å². The minimum atomic E-state index is -1.92. The molecule has 1 aromatic heterocycles. The first kappa shape index (κ1) is 95.7. The number of aliphatic hydroxyl groups is 2. The quantitative estimate of drug-likeness (QED) is 0.0310. The number of carbonyl (C=O) groups excluding carboxylic acids is 17. The van der Waals surface area contributed by atoms with Gasteiger partial charge in [0.25, 0.3) is 0 Å². The summed E-state index contributed by atoms with van der Waals surface area (Å²) in [7, 11) is 0. The molecule has 1 aromatic carbocycles. The summed E-state index contributed by atoms with van der Waals surface area (Å²) in [4.78, 5) is 232. The smallest absolute Gasteiger partial charge is 0.246 e. The number of hydrogen-bond acceptors (Lipinski definition) is 19. The minimum absolute atomic E-state index is 0.0654. The van der Waals surface area contributed by atoms with Crippen molar-refractivity contribution >= 4 is 111 Å². The zero-order valence-electron chi connectivity index (χ0n) is 67.0. The molecular formula is C73H120N18O19. The van der Waals surface area contributed by atoms with Gasteiger partial charge in [-0.25, -0.2) is 0 Å². The maximum atomic E-state index is 14.0. The molecule has 0 bridgehead atoms. The molecule has 1 heterocycles. The number of hydrogen-bond donors (Lipinski definition) is 20. The monoisotopic (exact) mass is 1550 g/mol. The van der Waals surface area contributed by atoms with E-state index in [2.05, 4.69) is 84.7 Å². The number of rotatable bonds is 45. The molecule has 0 radical (unpaired) electrons. The van der Waals surface area contributed by atoms with E-state index in [1.54, 1.807) is 47.7 Å². The minimum Gasteiger partial charge on any atom is -0.394 e. The van der Waals surface area contributed by atoms with Crippen LogP contribution in [0.15, 0.2) is 30.5 Å². The lowest BCUT2D eigenvalue weighted by Gasteiger charge is -2.35. The van der Waals surface area contributed by atoms with Crippen LogP contribution < -0.4 is 91.2 Å². The van der Waals surface area contributed by atoms with Crippen LogP contribution in [0.5, 0.6) is 0 Å². The van der Waals surface area contributed by atoms with Crippen molar-refractivity contribution in [2.45, 2.75) is 278 Å². The lowest BCUT2D eigenvalue weighted by molar-refractivity contribution is -0.140. The molecule has 0 aliphatic rings. The van der Waals surface area contributed by atoms with Crippen LogP contribution in [0.25, 0.3) is 10.9 Å². The van der Waals surface area contributed by atoms with Crippen molar-refractivity contribution < 1.29 is 91.7 Å². The van der Waals surface area contributed by atoms with Crippen LogP contribution in [0.4, 0.5) is 0 Å². The molecule has 0 fully saturated rings. The van der Waals surface area contributed by atoms with Crippen LogP contribution in [0, 0.1) is 17.8 Å². The molecule has 0 aliphatic carbocycles. The van der Waals surface area contributed by atoms with Crippen molar-refractivity contribution in [2.24, 2.45) is 29.2 Å². The second-order valence-electron chi connectivity index (χ2n) is 30.6. The number of aromatic nitrogens is 1. The molecule has 37 heteroatoms. The van der Waals surface area contributed by atoms with Gasteiger partial charge in [-0.2, -0.15) is 0 Å². The van der Waals surface area contributed by atoms with E-state index in [-0.39, 0.29) is 31.6 Å². The van der Waals surface area contributed by atoms with Crippen molar-refractivity contribution in [3.05, 3.63) is 36.0 Å². The third-order valence-corrected chi connectivity index (χ3v) is 19.0. The Morgan fingerprint density at radius 3 is 1.32 bits per heavy atom. The van der Waals surface area contributed by atoms with Crippen LogP contribution in [0.1, 0.15) is 189 Å². The van der Waals surface area contributed by atoms with Gasteiger partial charge in [-0.3, -0.25) is 81.5 Å². The first-order valence-electron chi connectivity index (χ1n) is 36.8. The molecule has 17 amide bonds. The molecular weight excluding hydrogens is 1430 g/mol. The maximum Gasteiger partial charge on any atom is 0.246 e. The van der Waals surface area contributed by atoms with Crippen molar-refractivity contribution in [3.63, 3.8) is 0 Å². The maximum absolute atomic E-state index is 14.0. The van der Waals surface area contributed by atoms with Crippen molar-refractivity contribution in [1.29, 1.82) is 0 Å². The van der Waals surface area contributed by atoms with Crippen LogP contribution in [-0.4, -0.2) is 217 Å². The van der Waals surface area contributed by atoms with E-state index in [9.17, 15) is 91.7 Å². The number of amides is 17.